The molecule has 0 radical (unpaired) electrons. The van der Waals surface area contributed by atoms with Crippen LogP contribution in [-0.2, 0) is 0 Å². The van der Waals surface area contributed by atoms with E-state index in [0.29, 0.717) is 22.2 Å². The highest BCUT2D eigenvalue weighted by molar-refractivity contribution is 6.31. The minimum absolute atomic E-state index is 0.337. The standard InChI is InChI=1S/C16H13ClFN3/c1-9-3-5-13(18)11(7-9)16-20-14-6-4-10(17)8-12(14)15(19-2)21-16/h3-8H,1-2H3,(H,19,20,21). The molecule has 3 rings (SSSR count). The number of halogens is 2. The molecule has 0 aliphatic rings. The Morgan fingerprint density at radius 2 is 1.90 bits per heavy atom. The van der Waals surface area contributed by atoms with Gasteiger partial charge in [0, 0.05) is 17.5 Å². The summed E-state index contributed by atoms with van der Waals surface area (Å²) in [5.41, 5.74) is 2.07. The molecule has 0 aliphatic heterocycles. The van der Waals surface area contributed by atoms with Crippen molar-refractivity contribution in [3.05, 3.63) is 52.8 Å². The van der Waals surface area contributed by atoms with Crippen LogP contribution in [0.1, 0.15) is 5.56 Å². The first-order valence-corrected chi connectivity index (χ1v) is 6.88. The molecular weight excluding hydrogens is 289 g/mol. The third kappa shape index (κ3) is 2.54. The van der Waals surface area contributed by atoms with Gasteiger partial charge in [-0.1, -0.05) is 23.2 Å². The summed E-state index contributed by atoms with van der Waals surface area (Å²) < 4.78 is 14.0. The Labute approximate surface area is 126 Å². The van der Waals surface area contributed by atoms with Crippen LogP contribution >= 0.6 is 11.6 Å². The summed E-state index contributed by atoms with van der Waals surface area (Å²) in [6.45, 7) is 1.91. The topological polar surface area (TPSA) is 37.8 Å². The van der Waals surface area contributed by atoms with Crippen LogP contribution in [0.5, 0.6) is 0 Å². The molecule has 0 aliphatic carbocycles. The number of nitrogens with one attached hydrogen (secondary N) is 1. The van der Waals surface area contributed by atoms with E-state index in [1.54, 1.807) is 37.4 Å². The summed E-state index contributed by atoms with van der Waals surface area (Å²) in [7, 11) is 1.76. The second-order valence-electron chi connectivity index (χ2n) is 4.79. The SMILES string of the molecule is CNc1nc(-c2cc(C)ccc2F)nc2ccc(Cl)cc12. The van der Waals surface area contributed by atoms with Crippen molar-refractivity contribution in [2.24, 2.45) is 0 Å². The van der Waals surface area contributed by atoms with Gasteiger partial charge in [-0.05, 0) is 37.3 Å². The van der Waals surface area contributed by atoms with Crippen LogP contribution in [0.2, 0.25) is 5.02 Å². The van der Waals surface area contributed by atoms with Crippen LogP contribution in [-0.4, -0.2) is 17.0 Å². The van der Waals surface area contributed by atoms with E-state index in [2.05, 4.69) is 15.3 Å². The lowest BCUT2D eigenvalue weighted by molar-refractivity contribution is 0.629. The minimum atomic E-state index is -0.337. The van der Waals surface area contributed by atoms with Crippen molar-refractivity contribution in [3.8, 4) is 11.4 Å². The Morgan fingerprint density at radius 1 is 1.10 bits per heavy atom. The molecular formula is C16H13ClFN3. The zero-order valence-electron chi connectivity index (χ0n) is 11.6. The highest BCUT2D eigenvalue weighted by Crippen LogP contribution is 2.28. The molecule has 5 heteroatoms. The van der Waals surface area contributed by atoms with Gasteiger partial charge in [0.1, 0.15) is 11.6 Å². The number of fused-ring (bicyclic) bond motifs is 1. The fourth-order valence-corrected chi connectivity index (χ4v) is 2.39. The summed E-state index contributed by atoms with van der Waals surface area (Å²) in [5, 5.41) is 4.42. The molecule has 1 heterocycles. The van der Waals surface area contributed by atoms with Gasteiger partial charge in [-0.2, -0.15) is 0 Å². The van der Waals surface area contributed by atoms with Crippen LogP contribution < -0.4 is 5.32 Å². The molecule has 1 aromatic heterocycles. The maximum absolute atomic E-state index is 14.0. The first kappa shape index (κ1) is 13.8. The summed E-state index contributed by atoms with van der Waals surface area (Å²) in [6, 6.07) is 10.2. The third-order valence-electron chi connectivity index (χ3n) is 3.26. The molecule has 1 N–H and O–H groups in total. The van der Waals surface area contributed by atoms with Gasteiger partial charge >= 0.3 is 0 Å². The van der Waals surface area contributed by atoms with Crippen molar-refractivity contribution in [1.82, 2.24) is 9.97 Å². The molecule has 2 aromatic carbocycles. The number of rotatable bonds is 2. The lowest BCUT2D eigenvalue weighted by Crippen LogP contribution is -2.00. The number of hydrogen-bond donors (Lipinski definition) is 1. The van der Waals surface area contributed by atoms with E-state index >= 15 is 0 Å². The predicted octanol–water partition coefficient (Wildman–Crippen LogP) is 4.44. The van der Waals surface area contributed by atoms with E-state index in [-0.39, 0.29) is 5.82 Å². The van der Waals surface area contributed by atoms with E-state index in [1.807, 2.05) is 6.92 Å². The van der Waals surface area contributed by atoms with Gasteiger partial charge in [-0.3, -0.25) is 0 Å². The molecule has 0 unspecified atom stereocenters. The summed E-state index contributed by atoms with van der Waals surface area (Å²) in [4.78, 5) is 8.86. The second kappa shape index (κ2) is 5.30. The fraction of sp³-hybridized carbons (Fsp3) is 0.125. The molecule has 0 spiro atoms. The van der Waals surface area contributed by atoms with Crippen molar-refractivity contribution in [3.63, 3.8) is 0 Å². The van der Waals surface area contributed by atoms with Crippen LogP contribution in [0.3, 0.4) is 0 Å². The van der Waals surface area contributed by atoms with Gasteiger partial charge < -0.3 is 5.32 Å². The molecule has 0 fully saturated rings. The first-order valence-electron chi connectivity index (χ1n) is 6.50. The molecule has 0 saturated carbocycles. The zero-order valence-corrected chi connectivity index (χ0v) is 12.4. The minimum Gasteiger partial charge on any atom is -0.373 e. The van der Waals surface area contributed by atoms with Crippen LogP contribution in [0.25, 0.3) is 22.3 Å². The van der Waals surface area contributed by atoms with E-state index in [4.69, 9.17) is 11.6 Å². The van der Waals surface area contributed by atoms with Crippen molar-refractivity contribution >= 4 is 28.3 Å². The van der Waals surface area contributed by atoms with Crippen LogP contribution in [0.15, 0.2) is 36.4 Å². The molecule has 106 valence electrons. The number of nitrogens with zero attached hydrogens (tertiary/aromatic N) is 2. The lowest BCUT2D eigenvalue weighted by atomic mass is 10.1. The van der Waals surface area contributed by atoms with Crippen molar-refractivity contribution in [1.29, 1.82) is 0 Å². The van der Waals surface area contributed by atoms with E-state index in [9.17, 15) is 4.39 Å². The van der Waals surface area contributed by atoms with Gasteiger partial charge in [-0.25, -0.2) is 14.4 Å². The van der Waals surface area contributed by atoms with Crippen LogP contribution in [0, 0.1) is 12.7 Å². The number of hydrogen-bond acceptors (Lipinski definition) is 3. The highest BCUT2D eigenvalue weighted by Gasteiger charge is 2.12. The monoisotopic (exact) mass is 301 g/mol. The molecule has 21 heavy (non-hydrogen) atoms. The predicted molar refractivity (Wildman–Crippen MR) is 84.2 cm³/mol. The van der Waals surface area contributed by atoms with Crippen molar-refractivity contribution in [2.45, 2.75) is 6.92 Å². The second-order valence-corrected chi connectivity index (χ2v) is 5.23. The maximum Gasteiger partial charge on any atom is 0.165 e. The Kier molecular flexibility index (Phi) is 3.47. The summed E-state index contributed by atoms with van der Waals surface area (Å²) in [6.07, 6.45) is 0. The number of aromatic nitrogens is 2. The van der Waals surface area contributed by atoms with E-state index in [1.165, 1.54) is 6.07 Å². The Bertz CT molecular complexity index is 833. The average molecular weight is 302 g/mol. The molecule has 3 aromatic rings. The number of anilines is 1. The summed E-state index contributed by atoms with van der Waals surface area (Å²) in [5.74, 6) is 0.643. The average Bonchev–Trinajstić information content (AvgIpc) is 2.48. The Balaban J connectivity index is 2.29. The Morgan fingerprint density at radius 3 is 2.67 bits per heavy atom. The smallest absolute Gasteiger partial charge is 0.165 e. The maximum atomic E-state index is 14.0. The largest absolute Gasteiger partial charge is 0.373 e. The molecule has 3 nitrogen and oxygen atoms in total. The molecule has 0 saturated heterocycles. The third-order valence-corrected chi connectivity index (χ3v) is 3.49. The number of benzene rings is 2. The fourth-order valence-electron chi connectivity index (χ4n) is 2.22. The lowest BCUT2D eigenvalue weighted by Gasteiger charge is -2.09. The molecule has 0 atom stereocenters. The van der Waals surface area contributed by atoms with Gasteiger partial charge in [0.25, 0.3) is 0 Å². The van der Waals surface area contributed by atoms with Gasteiger partial charge in [-0.15, -0.1) is 0 Å². The van der Waals surface area contributed by atoms with Crippen LogP contribution in [0.4, 0.5) is 10.2 Å². The molecule has 0 amide bonds. The van der Waals surface area contributed by atoms with Crippen molar-refractivity contribution in [2.75, 3.05) is 12.4 Å². The molecule has 0 bridgehead atoms. The number of aryl methyl sites for hydroxylation is 1. The van der Waals surface area contributed by atoms with E-state index < -0.39 is 0 Å². The quantitative estimate of drug-likeness (QED) is 0.760. The normalized spacial score (nSPS) is 10.9. The highest BCUT2D eigenvalue weighted by atomic mass is 35.5. The summed E-state index contributed by atoms with van der Waals surface area (Å²) >= 11 is 6.01. The zero-order chi connectivity index (χ0) is 15.0. The van der Waals surface area contributed by atoms with E-state index in [0.717, 1.165) is 16.5 Å². The van der Waals surface area contributed by atoms with Gasteiger partial charge in [0.15, 0.2) is 5.82 Å². The van der Waals surface area contributed by atoms with Gasteiger partial charge in [0.05, 0.1) is 11.1 Å². The first-order chi connectivity index (χ1) is 10.1. The van der Waals surface area contributed by atoms with Crippen molar-refractivity contribution < 1.29 is 4.39 Å². The Hall–Kier alpha value is -2.20. The van der Waals surface area contributed by atoms with Gasteiger partial charge in [0.2, 0.25) is 0 Å².